The van der Waals surface area contributed by atoms with Crippen molar-refractivity contribution >= 4 is 5.96 Å². The Morgan fingerprint density at radius 1 is 1.14 bits per heavy atom. The third-order valence-corrected chi connectivity index (χ3v) is 3.88. The summed E-state index contributed by atoms with van der Waals surface area (Å²) in [5.74, 6) is 0.925. The first-order valence-electron chi connectivity index (χ1n) is 8.49. The van der Waals surface area contributed by atoms with Crippen LogP contribution < -0.4 is 10.6 Å². The highest BCUT2D eigenvalue weighted by atomic mass is 16.5. The van der Waals surface area contributed by atoms with Gasteiger partial charge in [-0.15, -0.1) is 0 Å². The van der Waals surface area contributed by atoms with Gasteiger partial charge in [0.25, 0.3) is 0 Å². The van der Waals surface area contributed by atoms with E-state index in [1.54, 1.807) is 7.11 Å². The molecule has 0 spiro atoms. The summed E-state index contributed by atoms with van der Waals surface area (Å²) in [5.41, 5.74) is 0. The normalized spacial score (nSPS) is 15.5. The SMILES string of the molecule is CCCCCCNC(=NC)NCCN(CCOC)C1CC1. The number of rotatable bonds is 12. The van der Waals surface area contributed by atoms with E-state index in [4.69, 9.17) is 4.74 Å². The minimum atomic E-state index is 0.783. The maximum absolute atomic E-state index is 5.19. The number of hydrogen-bond acceptors (Lipinski definition) is 3. The Morgan fingerprint density at radius 2 is 1.90 bits per heavy atom. The molecular weight excluding hydrogens is 264 g/mol. The topological polar surface area (TPSA) is 48.9 Å². The molecule has 2 N–H and O–H groups in total. The van der Waals surface area contributed by atoms with Gasteiger partial charge < -0.3 is 15.4 Å². The molecule has 124 valence electrons. The second kappa shape index (κ2) is 11.8. The van der Waals surface area contributed by atoms with Crippen LogP contribution in [0.2, 0.25) is 0 Å². The van der Waals surface area contributed by atoms with E-state index in [1.165, 1.54) is 38.5 Å². The van der Waals surface area contributed by atoms with Gasteiger partial charge in [0.05, 0.1) is 6.61 Å². The van der Waals surface area contributed by atoms with Crippen molar-refractivity contribution < 1.29 is 4.74 Å². The summed E-state index contributed by atoms with van der Waals surface area (Å²) >= 11 is 0. The molecule has 0 aromatic rings. The number of nitrogens with one attached hydrogen (secondary N) is 2. The Labute approximate surface area is 130 Å². The Bertz CT molecular complexity index is 279. The smallest absolute Gasteiger partial charge is 0.191 e. The predicted octanol–water partition coefficient (Wildman–Crippen LogP) is 1.84. The standard InChI is InChI=1S/C16H34N4O/c1-4-5-6-7-10-18-16(17-2)19-11-12-20(13-14-21-3)15-8-9-15/h15H,4-14H2,1-3H3,(H2,17,18,19). The van der Waals surface area contributed by atoms with E-state index in [-0.39, 0.29) is 0 Å². The highest BCUT2D eigenvalue weighted by Gasteiger charge is 2.28. The number of hydrogen-bond donors (Lipinski definition) is 2. The van der Waals surface area contributed by atoms with Crippen LogP contribution in [0.5, 0.6) is 0 Å². The van der Waals surface area contributed by atoms with E-state index in [9.17, 15) is 0 Å². The molecule has 0 bridgehead atoms. The molecule has 1 fully saturated rings. The van der Waals surface area contributed by atoms with E-state index in [0.717, 1.165) is 44.8 Å². The number of unbranched alkanes of at least 4 members (excludes halogenated alkanes) is 3. The van der Waals surface area contributed by atoms with Crippen LogP contribution in [0.3, 0.4) is 0 Å². The van der Waals surface area contributed by atoms with Crippen molar-refractivity contribution in [1.82, 2.24) is 15.5 Å². The molecule has 0 radical (unpaired) electrons. The quantitative estimate of drug-likeness (QED) is 0.328. The van der Waals surface area contributed by atoms with Crippen LogP contribution in [0.1, 0.15) is 45.4 Å². The van der Waals surface area contributed by atoms with Crippen molar-refractivity contribution in [2.75, 3.05) is 46.9 Å². The summed E-state index contributed by atoms with van der Waals surface area (Å²) in [4.78, 5) is 6.80. The maximum atomic E-state index is 5.19. The van der Waals surface area contributed by atoms with Gasteiger partial charge in [-0.05, 0) is 19.3 Å². The number of guanidine groups is 1. The average molecular weight is 298 g/mol. The van der Waals surface area contributed by atoms with Crippen LogP contribution in [0.25, 0.3) is 0 Å². The van der Waals surface area contributed by atoms with Gasteiger partial charge in [-0.3, -0.25) is 9.89 Å². The lowest BCUT2D eigenvalue weighted by atomic mass is 10.2. The molecule has 1 aliphatic carbocycles. The third-order valence-electron chi connectivity index (χ3n) is 3.88. The van der Waals surface area contributed by atoms with Gasteiger partial charge >= 0.3 is 0 Å². The Balaban J connectivity index is 2.09. The van der Waals surface area contributed by atoms with E-state index in [2.05, 4.69) is 27.4 Å². The molecule has 1 saturated carbocycles. The molecule has 0 unspecified atom stereocenters. The van der Waals surface area contributed by atoms with Gasteiger partial charge in [-0.1, -0.05) is 26.2 Å². The fourth-order valence-corrected chi connectivity index (χ4v) is 2.42. The van der Waals surface area contributed by atoms with Crippen molar-refractivity contribution in [1.29, 1.82) is 0 Å². The van der Waals surface area contributed by atoms with Gasteiger partial charge in [0, 0.05) is 46.4 Å². The zero-order valence-corrected chi connectivity index (χ0v) is 14.2. The summed E-state index contributed by atoms with van der Waals surface area (Å²) in [7, 11) is 3.61. The first kappa shape index (κ1) is 18.2. The van der Waals surface area contributed by atoms with Crippen LogP contribution in [-0.4, -0.2) is 63.8 Å². The lowest BCUT2D eigenvalue weighted by molar-refractivity contribution is 0.144. The van der Waals surface area contributed by atoms with Crippen molar-refractivity contribution in [3.05, 3.63) is 0 Å². The van der Waals surface area contributed by atoms with Gasteiger partial charge in [0.15, 0.2) is 5.96 Å². The minimum Gasteiger partial charge on any atom is -0.383 e. The average Bonchev–Trinajstić information content (AvgIpc) is 3.33. The Hall–Kier alpha value is -0.810. The van der Waals surface area contributed by atoms with Crippen LogP contribution in [0, 0.1) is 0 Å². The molecule has 5 heteroatoms. The van der Waals surface area contributed by atoms with E-state index in [0.29, 0.717) is 0 Å². The Morgan fingerprint density at radius 3 is 2.52 bits per heavy atom. The van der Waals surface area contributed by atoms with Gasteiger partial charge in [-0.25, -0.2) is 0 Å². The third kappa shape index (κ3) is 8.94. The fourth-order valence-electron chi connectivity index (χ4n) is 2.42. The van der Waals surface area contributed by atoms with Crippen LogP contribution in [0.4, 0.5) is 0 Å². The van der Waals surface area contributed by atoms with Gasteiger partial charge in [0.1, 0.15) is 0 Å². The largest absolute Gasteiger partial charge is 0.383 e. The molecule has 0 amide bonds. The molecule has 1 rings (SSSR count). The molecule has 0 atom stereocenters. The fraction of sp³-hybridized carbons (Fsp3) is 0.938. The van der Waals surface area contributed by atoms with Crippen LogP contribution in [-0.2, 0) is 4.74 Å². The highest BCUT2D eigenvalue weighted by molar-refractivity contribution is 5.79. The molecule has 5 nitrogen and oxygen atoms in total. The van der Waals surface area contributed by atoms with Crippen molar-refractivity contribution in [3.63, 3.8) is 0 Å². The summed E-state index contributed by atoms with van der Waals surface area (Å²) in [5, 5.41) is 6.79. The molecule has 0 aromatic heterocycles. The van der Waals surface area contributed by atoms with Gasteiger partial charge in [-0.2, -0.15) is 0 Å². The monoisotopic (exact) mass is 298 g/mol. The molecule has 0 saturated heterocycles. The zero-order valence-electron chi connectivity index (χ0n) is 14.2. The predicted molar refractivity (Wildman–Crippen MR) is 90.0 cm³/mol. The second-order valence-corrected chi connectivity index (χ2v) is 5.75. The minimum absolute atomic E-state index is 0.783. The first-order chi connectivity index (χ1) is 10.3. The summed E-state index contributed by atoms with van der Waals surface area (Å²) < 4.78 is 5.19. The lowest BCUT2D eigenvalue weighted by Crippen LogP contribution is -2.43. The number of methoxy groups -OCH3 is 1. The van der Waals surface area contributed by atoms with Crippen molar-refractivity contribution in [3.8, 4) is 0 Å². The van der Waals surface area contributed by atoms with Crippen LogP contribution >= 0.6 is 0 Å². The maximum Gasteiger partial charge on any atom is 0.191 e. The summed E-state index contributed by atoms with van der Waals surface area (Å²) in [6, 6.07) is 0.783. The summed E-state index contributed by atoms with van der Waals surface area (Å²) in [6.45, 7) is 7.10. The van der Waals surface area contributed by atoms with E-state index < -0.39 is 0 Å². The highest BCUT2D eigenvalue weighted by Crippen LogP contribution is 2.25. The first-order valence-corrected chi connectivity index (χ1v) is 8.49. The molecule has 1 aliphatic rings. The van der Waals surface area contributed by atoms with E-state index in [1.807, 2.05) is 7.05 Å². The van der Waals surface area contributed by atoms with Gasteiger partial charge in [0.2, 0.25) is 0 Å². The van der Waals surface area contributed by atoms with Crippen molar-refractivity contribution in [2.45, 2.75) is 51.5 Å². The molecule has 0 aromatic carbocycles. The zero-order chi connectivity index (χ0) is 15.3. The molecule has 0 heterocycles. The molecule has 0 aliphatic heterocycles. The summed E-state index contributed by atoms with van der Waals surface area (Å²) in [6.07, 6.45) is 7.81. The number of nitrogens with zero attached hydrogens (tertiary/aromatic N) is 2. The number of ether oxygens (including phenoxy) is 1. The molecule has 21 heavy (non-hydrogen) atoms. The Kier molecular flexibility index (Phi) is 10.3. The molecular formula is C16H34N4O. The second-order valence-electron chi connectivity index (χ2n) is 5.75. The van der Waals surface area contributed by atoms with Crippen LogP contribution in [0.15, 0.2) is 4.99 Å². The van der Waals surface area contributed by atoms with Crippen molar-refractivity contribution in [2.24, 2.45) is 4.99 Å². The number of aliphatic imine (C=N–C) groups is 1. The lowest BCUT2D eigenvalue weighted by Gasteiger charge is -2.22. The van der Waals surface area contributed by atoms with E-state index >= 15 is 0 Å².